The van der Waals surface area contributed by atoms with E-state index in [4.69, 9.17) is 4.74 Å². The van der Waals surface area contributed by atoms with Crippen LogP contribution in [0, 0.1) is 10.1 Å². The van der Waals surface area contributed by atoms with Gasteiger partial charge in [-0.25, -0.2) is 0 Å². The average molecular weight is 259 g/mol. The van der Waals surface area contributed by atoms with Gasteiger partial charge < -0.3 is 9.84 Å². The minimum absolute atomic E-state index is 0.0812. The maximum atomic E-state index is 10.5. The fraction of sp³-hybridized carbons (Fsp3) is 0.143. The first-order valence-corrected chi connectivity index (χ1v) is 5.80. The van der Waals surface area contributed by atoms with Crippen molar-refractivity contribution in [1.82, 2.24) is 0 Å². The second-order valence-electron chi connectivity index (χ2n) is 4.02. The average Bonchev–Trinajstić information content (AvgIpc) is 2.39. The van der Waals surface area contributed by atoms with Crippen LogP contribution in [0.5, 0.6) is 11.5 Å². The molecule has 0 radical (unpaired) electrons. The number of ether oxygens (including phenoxy) is 1. The molecule has 0 spiro atoms. The molecule has 0 aliphatic carbocycles. The van der Waals surface area contributed by atoms with Crippen LogP contribution in [0.15, 0.2) is 48.5 Å². The Morgan fingerprint density at radius 2 is 1.89 bits per heavy atom. The standard InChI is InChI=1S/C14H13NO4/c16-13-2-1-3-14(10-13)19-9-8-11-4-6-12(7-5-11)15(17)18/h1-7,10,16H,8-9H2. The molecule has 0 aromatic heterocycles. The van der Waals surface area contributed by atoms with E-state index in [2.05, 4.69) is 0 Å². The van der Waals surface area contributed by atoms with Gasteiger partial charge in [0.05, 0.1) is 11.5 Å². The number of rotatable bonds is 5. The van der Waals surface area contributed by atoms with E-state index in [1.54, 1.807) is 30.3 Å². The summed E-state index contributed by atoms with van der Waals surface area (Å²) in [6.45, 7) is 0.446. The van der Waals surface area contributed by atoms with Crippen molar-refractivity contribution in [2.24, 2.45) is 0 Å². The Bertz CT molecular complexity index is 566. The minimum atomic E-state index is -0.424. The van der Waals surface area contributed by atoms with Crippen LogP contribution in [-0.4, -0.2) is 16.6 Å². The summed E-state index contributed by atoms with van der Waals surface area (Å²) in [7, 11) is 0. The van der Waals surface area contributed by atoms with Crippen molar-refractivity contribution < 1.29 is 14.8 Å². The third kappa shape index (κ3) is 3.70. The van der Waals surface area contributed by atoms with E-state index >= 15 is 0 Å². The van der Waals surface area contributed by atoms with Gasteiger partial charge in [-0.15, -0.1) is 0 Å². The van der Waals surface area contributed by atoms with Crippen LogP contribution in [0.25, 0.3) is 0 Å². The number of phenolic OH excluding ortho intramolecular Hbond substituents is 1. The molecule has 2 rings (SSSR count). The molecule has 0 aliphatic heterocycles. The lowest BCUT2D eigenvalue weighted by Gasteiger charge is -2.06. The Balaban J connectivity index is 1.87. The molecule has 19 heavy (non-hydrogen) atoms. The number of nitro groups is 1. The van der Waals surface area contributed by atoms with Gasteiger partial charge in [-0.05, 0) is 17.7 Å². The first kappa shape index (κ1) is 12.9. The molecule has 5 heteroatoms. The molecule has 0 fully saturated rings. The lowest BCUT2D eigenvalue weighted by molar-refractivity contribution is -0.384. The van der Waals surface area contributed by atoms with Crippen molar-refractivity contribution in [3.8, 4) is 11.5 Å². The molecule has 0 bridgehead atoms. The Hall–Kier alpha value is -2.56. The van der Waals surface area contributed by atoms with Crippen LogP contribution in [0.1, 0.15) is 5.56 Å². The lowest BCUT2D eigenvalue weighted by Crippen LogP contribution is -2.01. The van der Waals surface area contributed by atoms with E-state index in [-0.39, 0.29) is 11.4 Å². The number of nitro benzene ring substituents is 1. The zero-order valence-electron chi connectivity index (χ0n) is 10.2. The SMILES string of the molecule is O=[N+]([O-])c1ccc(CCOc2cccc(O)c2)cc1. The van der Waals surface area contributed by atoms with Gasteiger partial charge >= 0.3 is 0 Å². The van der Waals surface area contributed by atoms with E-state index in [1.165, 1.54) is 18.2 Å². The van der Waals surface area contributed by atoms with Crippen LogP contribution < -0.4 is 4.74 Å². The second-order valence-corrected chi connectivity index (χ2v) is 4.02. The number of hydrogen-bond donors (Lipinski definition) is 1. The second kappa shape index (κ2) is 5.86. The quantitative estimate of drug-likeness (QED) is 0.661. The van der Waals surface area contributed by atoms with E-state index in [0.29, 0.717) is 18.8 Å². The predicted octanol–water partition coefficient (Wildman–Crippen LogP) is 2.92. The summed E-state index contributed by atoms with van der Waals surface area (Å²) in [5.41, 5.74) is 1.04. The summed E-state index contributed by atoms with van der Waals surface area (Å²) in [6, 6.07) is 13.0. The Kier molecular flexibility index (Phi) is 3.97. The molecule has 2 aromatic rings. The van der Waals surface area contributed by atoms with Gasteiger partial charge in [-0.3, -0.25) is 10.1 Å². The Morgan fingerprint density at radius 3 is 2.53 bits per heavy atom. The van der Waals surface area contributed by atoms with Crippen LogP contribution in [0.2, 0.25) is 0 Å². The molecule has 0 unspecified atom stereocenters. The van der Waals surface area contributed by atoms with Crippen LogP contribution in [0.4, 0.5) is 5.69 Å². The summed E-state index contributed by atoms with van der Waals surface area (Å²) in [4.78, 5) is 10.1. The van der Waals surface area contributed by atoms with Gasteiger partial charge in [0.2, 0.25) is 0 Å². The van der Waals surface area contributed by atoms with E-state index in [1.807, 2.05) is 0 Å². The number of benzene rings is 2. The number of non-ortho nitro benzene ring substituents is 1. The number of nitrogens with zero attached hydrogens (tertiary/aromatic N) is 1. The summed E-state index contributed by atoms with van der Waals surface area (Å²) in [6.07, 6.45) is 0.646. The van der Waals surface area contributed by atoms with Gasteiger partial charge in [0.25, 0.3) is 5.69 Å². The fourth-order valence-electron chi connectivity index (χ4n) is 1.64. The van der Waals surface area contributed by atoms with Crippen molar-refractivity contribution >= 4 is 5.69 Å². The monoisotopic (exact) mass is 259 g/mol. The van der Waals surface area contributed by atoms with Gasteiger partial charge in [0, 0.05) is 24.6 Å². The number of hydrogen-bond acceptors (Lipinski definition) is 4. The third-order valence-corrected chi connectivity index (χ3v) is 2.62. The van der Waals surface area contributed by atoms with E-state index < -0.39 is 4.92 Å². The highest BCUT2D eigenvalue weighted by Gasteiger charge is 2.04. The highest BCUT2D eigenvalue weighted by atomic mass is 16.6. The lowest BCUT2D eigenvalue weighted by atomic mass is 10.1. The van der Waals surface area contributed by atoms with Crippen molar-refractivity contribution in [2.45, 2.75) is 6.42 Å². The third-order valence-electron chi connectivity index (χ3n) is 2.62. The maximum absolute atomic E-state index is 10.5. The van der Waals surface area contributed by atoms with E-state index in [9.17, 15) is 15.2 Å². The van der Waals surface area contributed by atoms with Gasteiger partial charge in [-0.1, -0.05) is 18.2 Å². The molecule has 1 N–H and O–H groups in total. The fourth-order valence-corrected chi connectivity index (χ4v) is 1.64. The molecule has 0 atom stereocenters. The first-order valence-electron chi connectivity index (χ1n) is 5.80. The molecular formula is C14H13NO4. The van der Waals surface area contributed by atoms with Crippen molar-refractivity contribution in [3.05, 3.63) is 64.2 Å². The number of phenols is 1. The molecule has 98 valence electrons. The largest absolute Gasteiger partial charge is 0.508 e. The zero-order valence-corrected chi connectivity index (χ0v) is 10.2. The molecule has 0 heterocycles. The minimum Gasteiger partial charge on any atom is -0.508 e. The Labute approximate surface area is 110 Å². The molecule has 5 nitrogen and oxygen atoms in total. The molecular weight excluding hydrogens is 246 g/mol. The molecule has 2 aromatic carbocycles. The molecule has 0 amide bonds. The normalized spacial score (nSPS) is 10.1. The molecule has 0 saturated carbocycles. The first-order chi connectivity index (χ1) is 9.15. The predicted molar refractivity (Wildman–Crippen MR) is 70.4 cm³/mol. The van der Waals surface area contributed by atoms with Crippen LogP contribution in [-0.2, 0) is 6.42 Å². The van der Waals surface area contributed by atoms with Gasteiger partial charge in [-0.2, -0.15) is 0 Å². The molecule has 0 aliphatic rings. The smallest absolute Gasteiger partial charge is 0.269 e. The van der Waals surface area contributed by atoms with E-state index in [0.717, 1.165) is 5.56 Å². The number of aromatic hydroxyl groups is 1. The highest BCUT2D eigenvalue weighted by Crippen LogP contribution is 2.18. The van der Waals surface area contributed by atoms with Crippen LogP contribution in [0.3, 0.4) is 0 Å². The maximum Gasteiger partial charge on any atom is 0.269 e. The van der Waals surface area contributed by atoms with Crippen molar-refractivity contribution in [3.63, 3.8) is 0 Å². The summed E-state index contributed by atoms with van der Waals surface area (Å²) in [5.74, 6) is 0.759. The summed E-state index contributed by atoms with van der Waals surface area (Å²) < 4.78 is 5.47. The highest BCUT2D eigenvalue weighted by molar-refractivity contribution is 5.33. The summed E-state index contributed by atoms with van der Waals surface area (Å²) >= 11 is 0. The summed E-state index contributed by atoms with van der Waals surface area (Å²) in [5, 5.41) is 19.8. The Morgan fingerprint density at radius 1 is 1.16 bits per heavy atom. The zero-order chi connectivity index (χ0) is 13.7. The molecule has 0 saturated heterocycles. The van der Waals surface area contributed by atoms with Crippen molar-refractivity contribution in [1.29, 1.82) is 0 Å². The topological polar surface area (TPSA) is 72.6 Å². The van der Waals surface area contributed by atoms with Gasteiger partial charge in [0.15, 0.2) is 0 Å². The van der Waals surface area contributed by atoms with Gasteiger partial charge in [0.1, 0.15) is 11.5 Å². The van der Waals surface area contributed by atoms with Crippen molar-refractivity contribution in [2.75, 3.05) is 6.61 Å². The van der Waals surface area contributed by atoms with Crippen LogP contribution >= 0.6 is 0 Å².